The van der Waals surface area contributed by atoms with Crippen molar-refractivity contribution in [3.8, 4) is 0 Å². The van der Waals surface area contributed by atoms with E-state index in [2.05, 4.69) is 16.9 Å². The minimum Gasteiger partial charge on any atom is -0.395 e. The lowest BCUT2D eigenvalue weighted by Gasteiger charge is -2.31. The smallest absolute Gasteiger partial charge is 0.150 e. The van der Waals surface area contributed by atoms with E-state index in [0.29, 0.717) is 12.6 Å². The molecule has 2 rings (SSSR count). The number of anilines is 2. The zero-order valence-corrected chi connectivity index (χ0v) is 11.4. The Kier molecular flexibility index (Phi) is 4.11. The lowest BCUT2D eigenvalue weighted by Crippen LogP contribution is -2.37. The van der Waals surface area contributed by atoms with Crippen molar-refractivity contribution in [1.29, 1.82) is 0 Å². The van der Waals surface area contributed by atoms with Crippen LogP contribution in [0.1, 0.15) is 38.3 Å². The summed E-state index contributed by atoms with van der Waals surface area (Å²) in [6, 6.07) is 0.501. The maximum absolute atomic E-state index is 9.31. The Morgan fingerprint density at radius 1 is 1.44 bits per heavy atom. The van der Waals surface area contributed by atoms with E-state index < -0.39 is 0 Å². The Hall–Kier alpha value is -1.23. The molecule has 0 unspecified atom stereocenters. The summed E-state index contributed by atoms with van der Waals surface area (Å²) in [5.41, 5.74) is 7.81. The van der Waals surface area contributed by atoms with Crippen LogP contribution in [-0.4, -0.2) is 34.1 Å². The number of aromatic nitrogens is 2. The van der Waals surface area contributed by atoms with Crippen LogP contribution in [0.25, 0.3) is 0 Å². The second-order valence-corrected chi connectivity index (χ2v) is 4.99. The molecule has 0 atom stereocenters. The van der Waals surface area contributed by atoms with E-state index in [1.165, 1.54) is 25.7 Å². The molecular weight excluding hydrogens is 228 g/mol. The molecule has 5 heteroatoms. The van der Waals surface area contributed by atoms with E-state index in [1.54, 1.807) is 0 Å². The first-order chi connectivity index (χ1) is 8.69. The molecule has 18 heavy (non-hydrogen) atoms. The number of aryl methyl sites for hydroxylation is 2. The molecule has 1 aromatic rings. The molecule has 1 saturated carbocycles. The number of nitrogens with two attached hydrogens (primary N) is 1. The monoisotopic (exact) mass is 252 g/mol. The van der Waals surface area contributed by atoms with Gasteiger partial charge in [-0.1, -0.05) is 12.8 Å². The molecule has 3 N–H and O–H groups in total. The van der Waals surface area contributed by atoms with Crippen LogP contribution in [0.15, 0.2) is 0 Å². The molecule has 0 aliphatic heterocycles. The number of hydrogen-bond donors (Lipinski definition) is 2. The number of nitrogens with zero attached hydrogens (tertiary/aromatic N) is 3. The summed E-state index contributed by atoms with van der Waals surface area (Å²) in [6.07, 6.45) is 4.91. The zero-order valence-electron chi connectivity index (χ0n) is 11.4. The molecule has 1 aromatic heterocycles. The Labute approximate surface area is 109 Å². The van der Waals surface area contributed by atoms with Crippen LogP contribution in [0, 0.1) is 6.92 Å². The standard InChI is InChI=1S/C13H24N4O/c1-3-17-13(12(14)10(2)15-17)16(8-9-18)11-6-4-5-7-11/h11,18H,3-9,14H2,1-2H3. The van der Waals surface area contributed by atoms with Crippen molar-refractivity contribution in [3.05, 3.63) is 5.69 Å². The molecule has 1 heterocycles. The predicted molar refractivity (Wildman–Crippen MR) is 73.7 cm³/mol. The van der Waals surface area contributed by atoms with Crippen molar-refractivity contribution in [2.45, 2.75) is 52.1 Å². The van der Waals surface area contributed by atoms with Crippen LogP contribution in [0.5, 0.6) is 0 Å². The van der Waals surface area contributed by atoms with E-state index >= 15 is 0 Å². The highest BCUT2D eigenvalue weighted by atomic mass is 16.3. The highest BCUT2D eigenvalue weighted by molar-refractivity contribution is 5.66. The first-order valence-corrected chi connectivity index (χ1v) is 6.89. The largest absolute Gasteiger partial charge is 0.395 e. The van der Waals surface area contributed by atoms with E-state index in [9.17, 15) is 5.11 Å². The van der Waals surface area contributed by atoms with Gasteiger partial charge in [-0.3, -0.25) is 0 Å². The zero-order chi connectivity index (χ0) is 13.1. The highest BCUT2D eigenvalue weighted by Gasteiger charge is 2.27. The first kappa shape index (κ1) is 13.2. The summed E-state index contributed by atoms with van der Waals surface area (Å²) < 4.78 is 1.96. The molecule has 0 spiro atoms. The van der Waals surface area contributed by atoms with Crippen LogP contribution in [0.4, 0.5) is 11.5 Å². The maximum atomic E-state index is 9.31. The van der Waals surface area contributed by atoms with Crippen molar-refractivity contribution in [2.75, 3.05) is 23.8 Å². The molecule has 1 fully saturated rings. The molecule has 0 amide bonds. The van der Waals surface area contributed by atoms with Crippen molar-refractivity contribution >= 4 is 11.5 Å². The fourth-order valence-electron chi connectivity index (χ4n) is 2.89. The van der Waals surface area contributed by atoms with E-state index in [1.807, 2.05) is 11.6 Å². The Morgan fingerprint density at radius 2 is 2.11 bits per heavy atom. The molecule has 0 aromatic carbocycles. The highest BCUT2D eigenvalue weighted by Crippen LogP contribution is 2.33. The van der Waals surface area contributed by atoms with Crippen molar-refractivity contribution in [1.82, 2.24) is 9.78 Å². The van der Waals surface area contributed by atoms with Gasteiger partial charge in [0.05, 0.1) is 18.0 Å². The number of rotatable bonds is 5. The third-order valence-electron chi connectivity index (χ3n) is 3.82. The topological polar surface area (TPSA) is 67.3 Å². The van der Waals surface area contributed by atoms with Crippen molar-refractivity contribution in [3.63, 3.8) is 0 Å². The lowest BCUT2D eigenvalue weighted by atomic mass is 10.2. The van der Waals surface area contributed by atoms with Gasteiger partial charge in [0, 0.05) is 19.1 Å². The molecular formula is C13H24N4O. The van der Waals surface area contributed by atoms with Crippen molar-refractivity contribution < 1.29 is 5.11 Å². The van der Waals surface area contributed by atoms with Gasteiger partial charge in [-0.2, -0.15) is 5.10 Å². The van der Waals surface area contributed by atoms with Crippen LogP contribution < -0.4 is 10.6 Å². The lowest BCUT2D eigenvalue weighted by molar-refractivity contribution is 0.296. The summed E-state index contributed by atoms with van der Waals surface area (Å²) in [5, 5.41) is 13.8. The van der Waals surface area contributed by atoms with E-state index in [0.717, 1.165) is 23.7 Å². The molecule has 1 aliphatic carbocycles. The van der Waals surface area contributed by atoms with Gasteiger partial charge in [0.15, 0.2) is 5.82 Å². The summed E-state index contributed by atoms with van der Waals surface area (Å²) in [7, 11) is 0. The van der Waals surface area contributed by atoms with Crippen LogP contribution >= 0.6 is 0 Å². The Morgan fingerprint density at radius 3 is 2.67 bits per heavy atom. The summed E-state index contributed by atoms with van der Waals surface area (Å²) in [6.45, 7) is 5.61. The van der Waals surface area contributed by atoms with Gasteiger partial charge in [0.25, 0.3) is 0 Å². The average molecular weight is 252 g/mol. The molecule has 5 nitrogen and oxygen atoms in total. The molecule has 102 valence electrons. The number of nitrogen functional groups attached to an aromatic ring is 1. The second kappa shape index (κ2) is 5.61. The second-order valence-electron chi connectivity index (χ2n) is 4.99. The number of aliphatic hydroxyl groups excluding tert-OH is 1. The van der Waals surface area contributed by atoms with Gasteiger partial charge in [-0.05, 0) is 26.7 Å². The van der Waals surface area contributed by atoms with Gasteiger partial charge < -0.3 is 15.7 Å². The third-order valence-corrected chi connectivity index (χ3v) is 3.82. The molecule has 0 radical (unpaired) electrons. The minimum absolute atomic E-state index is 0.157. The van der Waals surface area contributed by atoms with E-state index in [4.69, 9.17) is 5.73 Å². The number of aliphatic hydroxyl groups is 1. The predicted octanol–water partition coefficient (Wildman–Crippen LogP) is 1.53. The molecule has 1 aliphatic rings. The van der Waals surface area contributed by atoms with Crippen LogP contribution in [0.3, 0.4) is 0 Å². The van der Waals surface area contributed by atoms with Gasteiger partial charge in [-0.15, -0.1) is 0 Å². The quantitative estimate of drug-likeness (QED) is 0.834. The van der Waals surface area contributed by atoms with Gasteiger partial charge >= 0.3 is 0 Å². The number of hydrogen-bond acceptors (Lipinski definition) is 4. The summed E-state index contributed by atoms with van der Waals surface area (Å²) >= 11 is 0. The fraction of sp³-hybridized carbons (Fsp3) is 0.769. The van der Waals surface area contributed by atoms with Gasteiger partial charge in [0.1, 0.15) is 0 Å². The minimum atomic E-state index is 0.157. The Bertz CT molecular complexity index is 396. The average Bonchev–Trinajstić information content (AvgIpc) is 2.97. The Balaban J connectivity index is 2.34. The SMILES string of the molecule is CCn1nc(C)c(N)c1N(CCO)C1CCCC1. The van der Waals surface area contributed by atoms with Gasteiger partial charge in [0.2, 0.25) is 0 Å². The van der Waals surface area contributed by atoms with Crippen LogP contribution in [-0.2, 0) is 6.54 Å². The van der Waals surface area contributed by atoms with Crippen molar-refractivity contribution in [2.24, 2.45) is 0 Å². The maximum Gasteiger partial charge on any atom is 0.150 e. The third kappa shape index (κ3) is 2.32. The summed E-state index contributed by atoms with van der Waals surface area (Å²) in [4.78, 5) is 2.26. The first-order valence-electron chi connectivity index (χ1n) is 6.89. The molecule has 0 bridgehead atoms. The summed E-state index contributed by atoms with van der Waals surface area (Å²) in [5.74, 6) is 0.996. The van der Waals surface area contributed by atoms with Crippen LogP contribution in [0.2, 0.25) is 0 Å². The fourth-order valence-corrected chi connectivity index (χ4v) is 2.89. The van der Waals surface area contributed by atoms with E-state index in [-0.39, 0.29) is 6.61 Å². The van der Waals surface area contributed by atoms with Gasteiger partial charge in [-0.25, -0.2) is 4.68 Å². The normalized spacial score (nSPS) is 16.4. The molecule has 0 saturated heterocycles.